The zero-order chi connectivity index (χ0) is 15.0. The van der Waals surface area contributed by atoms with Crippen molar-refractivity contribution in [3.63, 3.8) is 0 Å². The summed E-state index contributed by atoms with van der Waals surface area (Å²) in [6.45, 7) is 5.07. The molecule has 1 unspecified atom stereocenters. The minimum absolute atomic E-state index is 0.0329. The second-order valence-electron chi connectivity index (χ2n) is 5.47. The van der Waals surface area contributed by atoms with E-state index in [1.807, 2.05) is 4.68 Å². The second kappa shape index (κ2) is 5.48. The van der Waals surface area contributed by atoms with Gasteiger partial charge in [-0.3, -0.25) is 0 Å². The molecule has 3 heterocycles. The first-order valence-corrected chi connectivity index (χ1v) is 7.41. The third-order valence-electron chi connectivity index (χ3n) is 3.53. The Balaban J connectivity index is 1.90. The van der Waals surface area contributed by atoms with Crippen LogP contribution in [0.1, 0.15) is 50.3 Å². The number of halogens is 1. The number of hydrogen-bond acceptors (Lipinski definition) is 6. The topological polar surface area (TPSA) is 94.5 Å². The molecule has 0 spiro atoms. The van der Waals surface area contributed by atoms with E-state index in [1.54, 1.807) is 0 Å². The van der Waals surface area contributed by atoms with Crippen molar-refractivity contribution in [2.24, 2.45) is 0 Å². The largest absolute Gasteiger partial charge is 0.382 e. The number of nitrogens with two attached hydrogens (primary N) is 1. The van der Waals surface area contributed by atoms with Crippen LogP contribution >= 0.6 is 11.6 Å². The van der Waals surface area contributed by atoms with E-state index in [-0.39, 0.29) is 11.9 Å². The summed E-state index contributed by atoms with van der Waals surface area (Å²) in [5.74, 6) is 2.92. The molecule has 1 aliphatic heterocycles. The van der Waals surface area contributed by atoms with Crippen LogP contribution in [0.4, 0.5) is 11.6 Å². The van der Waals surface area contributed by atoms with Crippen LogP contribution in [-0.2, 0) is 6.54 Å². The van der Waals surface area contributed by atoms with Gasteiger partial charge in [-0.2, -0.15) is 5.10 Å². The molecule has 21 heavy (non-hydrogen) atoms. The number of fused-ring (bicyclic) bond motifs is 1. The third-order valence-corrected chi connectivity index (χ3v) is 3.91. The predicted molar refractivity (Wildman–Crippen MR) is 81.2 cm³/mol. The molecule has 2 aromatic rings. The maximum Gasteiger partial charge on any atom is 0.153 e. The van der Waals surface area contributed by atoms with Gasteiger partial charge in [0.25, 0.3) is 0 Å². The summed E-state index contributed by atoms with van der Waals surface area (Å²) >= 11 is 6.14. The van der Waals surface area contributed by atoms with Gasteiger partial charge in [-0.15, -0.1) is 0 Å². The summed E-state index contributed by atoms with van der Waals surface area (Å²) in [5, 5.41) is 8.21. The first kappa shape index (κ1) is 14.1. The fourth-order valence-electron chi connectivity index (χ4n) is 2.40. The predicted octanol–water partition coefficient (Wildman–Crippen LogP) is 2.37. The van der Waals surface area contributed by atoms with Gasteiger partial charge in [-0.05, 0) is 12.8 Å². The molecule has 0 bridgehead atoms. The molecular weight excluding hydrogens is 290 g/mol. The average molecular weight is 308 g/mol. The molecule has 0 aliphatic carbocycles. The molecular formula is C13H18ClN7. The van der Waals surface area contributed by atoms with Crippen LogP contribution in [0.3, 0.4) is 0 Å². The van der Waals surface area contributed by atoms with Gasteiger partial charge in [-0.1, -0.05) is 25.4 Å². The summed E-state index contributed by atoms with van der Waals surface area (Å²) < 4.78 is 1.97. The van der Waals surface area contributed by atoms with Crippen LogP contribution < -0.4 is 11.1 Å². The number of hydrogen-bond donors (Lipinski definition) is 2. The Bertz CT molecular complexity index is 652. The van der Waals surface area contributed by atoms with Crippen LogP contribution in [-0.4, -0.2) is 24.7 Å². The summed E-state index contributed by atoms with van der Waals surface area (Å²) in [7, 11) is 0. The SMILES string of the molecule is CC(C)c1nc2n(n1)CCCC2Nc1ncnc(N)c1Cl. The van der Waals surface area contributed by atoms with E-state index < -0.39 is 0 Å². The zero-order valence-corrected chi connectivity index (χ0v) is 12.8. The standard InChI is InChI=1S/C13H18ClN7/c1-7(2)11-19-13-8(4-3-5-21(13)20-11)18-12-9(14)10(15)16-6-17-12/h6-8H,3-5H2,1-2H3,(H3,15,16,17,18). The van der Waals surface area contributed by atoms with Gasteiger partial charge in [0.15, 0.2) is 11.6 Å². The van der Waals surface area contributed by atoms with Gasteiger partial charge < -0.3 is 11.1 Å². The third kappa shape index (κ3) is 2.65. The number of aryl methyl sites for hydroxylation is 1. The fourth-order valence-corrected chi connectivity index (χ4v) is 2.55. The molecule has 0 aromatic carbocycles. The van der Waals surface area contributed by atoms with Gasteiger partial charge in [0.1, 0.15) is 23.0 Å². The van der Waals surface area contributed by atoms with E-state index in [2.05, 4.69) is 39.2 Å². The molecule has 3 N–H and O–H groups in total. The Hall–Kier alpha value is -1.89. The highest BCUT2D eigenvalue weighted by Gasteiger charge is 2.26. The Morgan fingerprint density at radius 2 is 2.24 bits per heavy atom. The van der Waals surface area contributed by atoms with Crippen LogP contribution in [0.2, 0.25) is 5.02 Å². The maximum atomic E-state index is 6.14. The lowest BCUT2D eigenvalue weighted by atomic mass is 10.1. The van der Waals surface area contributed by atoms with Crippen molar-refractivity contribution in [1.29, 1.82) is 0 Å². The first-order chi connectivity index (χ1) is 10.1. The Labute approximate surface area is 127 Å². The average Bonchev–Trinajstić information content (AvgIpc) is 2.89. The van der Waals surface area contributed by atoms with Gasteiger partial charge >= 0.3 is 0 Å². The van der Waals surface area contributed by atoms with E-state index in [1.165, 1.54) is 6.33 Å². The minimum atomic E-state index is 0.0329. The van der Waals surface area contributed by atoms with Crippen molar-refractivity contribution >= 4 is 23.2 Å². The monoisotopic (exact) mass is 307 g/mol. The smallest absolute Gasteiger partial charge is 0.153 e. The highest BCUT2D eigenvalue weighted by Crippen LogP contribution is 2.31. The van der Waals surface area contributed by atoms with Gasteiger partial charge in [-0.25, -0.2) is 19.6 Å². The number of anilines is 2. The van der Waals surface area contributed by atoms with Crippen molar-refractivity contribution in [2.75, 3.05) is 11.1 Å². The van der Waals surface area contributed by atoms with Crippen molar-refractivity contribution in [3.8, 4) is 0 Å². The van der Waals surface area contributed by atoms with Crippen LogP contribution in [0.5, 0.6) is 0 Å². The van der Waals surface area contributed by atoms with Gasteiger partial charge in [0.05, 0.1) is 6.04 Å². The summed E-state index contributed by atoms with van der Waals surface area (Å²) in [6.07, 6.45) is 3.39. The number of nitrogens with zero attached hydrogens (tertiary/aromatic N) is 5. The quantitative estimate of drug-likeness (QED) is 0.904. The molecule has 2 aromatic heterocycles. The number of rotatable bonds is 3. The van der Waals surface area contributed by atoms with Crippen molar-refractivity contribution in [1.82, 2.24) is 24.7 Å². The summed E-state index contributed by atoms with van der Waals surface area (Å²) in [5.41, 5.74) is 5.71. The van der Waals surface area contributed by atoms with E-state index in [9.17, 15) is 0 Å². The lowest BCUT2D eigenvalue weighted by Crippen LogP contribution is -2.23. The summed E-state index contributed by atoms with van der Waals surface area (Å²) in [6, 6.07) is 0.0329. The fraction of sp³-hybridized carbons (Fsp3) is 0.538. The van der Waals surface area contributed by atoms with Crippen molar-refractivity contribution in [3.05, 3.63) is 23.0 Å². The normalized spacial score (nSPS) is 17.8. The molecule has 1 atom stereocenters. The number of aromatic nitrogens is 5. The van der Waals surface area contributed by atoms with Crippen LogP contribution in [0, 0.1) is 0 Å². The van der Waals surface area contributed by atoms with E-state index in [4.69, 9.17) is 17.3 Å². The zero-order valence-electron chi connectivity index (χ0n) is 12.0. The lowest BCUT2D eigenvalue weighted by molar-refractivity contribution is 0.436. The molecule has 8 heteroatoms. The second-order valence-corrected chi connectivity index (χ2v) is 5.84. The van der Waals surface area contributed by atoms with Crippen LogP contribution in [0.25, 0.3) is 0 Å². The molecule has 0 saturated heterocycles. The molecule has 3 rings (SSSR count). The van der Waals surface area contributed by atoms with Gasteiger partial charge in [0.2, 0.25) is 0 Å². The van der Waals surface area contributed by atoms with Crippen molar-refractivity contribution < 1.29 is 0 Å². The van der Waals surface area contributed by atoms with E-state index in [0.717, 1.165) is 31.0 Å². The molecule has 1 aliphatic rings. The number of nitrogen functional groups attached to an aromatic ring is 1. The molecule has 0 amide bonds. The highest BCUT2D eigenvalue weighted by molar-refractivity contribution is 6.35. The molecule has 0 radical (unpaired) electrons. The molecule has 7 nitrogen and oxygen atoms in total. The highest BCUT2D eigenvalue weighted by atomic mass is 35.5. The lowest BCUT2D eigenvalue weighted by Gasteiger charge is -2.23. The van der Waals surface area contributed by atoms with Crippen LogP contribution in [0.15, 0.2) is 6.33 Å². The van der Waals surface area contributed by atoms with Gasteiger partial charge in [0, 0.05) is 12.5 Å². The van der Waals surface area contributed by atoms with E-state index >= 15 is 0 Å². The Kier molecular flexibility index (Phi) is 3.67. The minimum Gasteiger partial charge on any atom is -0.382 e. The van der Waals surface area contributed by atoms with Crippen molar-refractivity contribution in [2.45, 2.75) is 45.2 Å². The summed E-state index contributed by atoms with van der Waals surface area (Å²) in [4.78, 5) is 12.7. The van der Waals surface area contributed by atoms with E-state index in [0.29, 0.717) is 16.8 Å². The Morgan fingerprint density at radius 1 is 1.43 bits per heavy atom. The first-order valence-electron chi connectivity index (χ1n) is 7.03. The molecule has 0 saturated carbocycles. The Morgan fingerprint density at radius 3 is 3.00 bits per heavy atom. The number of nitrogens with one attached hydrogen (secondary N) is 1. The molecule has 112 valence electrons. The maximum absolute atomic E-state index is 6.14. The molecule has 0 fully saturated rings.